The Labute approximate surface area is 111 Å². The summed E-state index contributed by atoms with van der Waals surface area (Å²) in [6, 6.07) is 9.70. The molecule has 4 heteroatoms. The normalized spacial score (nSPS) is 11.1. The maximum atomic E-state index is 5.73. The molecule has 4 nitrogen and oxygen atoms in total. The van der Waals surface area contributed by atoms with Gasteiger partial charge in [-0.1, -0.05) is 6.07 Å². The van der Waals surface area contributed by atoms with Crippen LogP contribution >= 0.6 is 0 Å². The van der Waals surface area contributed by atoms with E-state index in [1.807, 2.05) is 31.2 Å². The maximum Gasteiger partial charge on any atom is 0.134 e. The van der Waals surface area contributed by atoms with Crippen molar-refractivity contribution in [3.63, 3.8) is 0 Å². The fraction of sp³-hybridized carbons (Fsp3) is 0.133. The van der Waals surface area contributed by atoms with Crippen molar-refractivity contribution in [2.24, 2.45) is 0 Å². The lowest BCUT2D eigenvalue weighted by Crippen LogP contribution is -1.96. The van der Waals surface area contributed by atoms with Crippen LogP contribution in [0.15, 0.2) is 34.7 Å². The van der Waals surface area contributed by atoms with Crippen LogP contribution in [0.3, 0.4) is 0 Å². The van der Waals surface area contributed by atoms with Crippen molar-refractivity contribution in [1.82, 2.24) is 4.98 Å². The van der Waals surface area contributed by atoms with Gasteiger partial charge in [0.25, 0.3) is 0 Å². The lowest BCUT2D eigenvalue weighted by molar-refractivity contribution is 0.575. The number of anilines is 2. The van der Waals surface area contributed by atoms with E-state index in [9.17, 15) is 0 Å². The number of nitrogens with zero attached hydrogens (tertiary/aromatic N) is 1. The maximum absolute atomic E-state index is 5.73. The van der Waals surface area contributed by atoms with Crippen LogP contribution in [0.25, 0.3) is 22.1 Å². The molecule has 96 valence electrons. The molecule has 0 bridgehead atoms. The average molecular weight is 253 g/mol. The highest BCUT2D eigenvalue weighted by atomic mass is 16.3. The van der Waals surface area contributed by atoms with Crippen molar-refractivity contribution >= 4 is 22.6 Å². The van der Waals surface area contributed by atoms with Gasteiger partial charge in [-0.25, -0.2) is 4.98 Å². The van der Waals surface area contributed by atoms with Gasteiger partial charge in [-0.15, -0.1) is 0 Å². The van der Waals surface area contributed by atoms with E-state index in [1.165, 1.54) is 0 Å². The van der Waals surface area contributed by atoms with Gasteiger partial charge in [0.15, 0.2) is 0 Å². The van der Waals surface area contributed by atoms with Gasteiger partial charge >= 0.3 is 0 Å². The highest BCUT2D eigenvalue weighted by Gasteiger charge is 2.09. The summed E-state index contributed by atoms with van der Waals surface area (Å²) in [4.78, 5) is 3.98. The number of hydrogen-bond acceptors (Lipinski definition) is 4. The summed E-state index contributed by atoms with van der Waals surface area (Å²) in [5, 5.41) is 1.11. The summed E-state index contributed by atoms with van der Waals surface area (Å²) in [5.74, 6) is 1.80. The standard InChI is InChI=1S/C15H15N3O/c1-8-9(2)19-13-4-3-10(5-12(8)13)11-6-14(16)18-15(17)7-11/h3-7H,1-2H3,(H4,16,17,18). The van der Waals surface area contributed by atoms with Crippen LogP contribution in [-0.2, 0) is 0 Å². The summed E-state index contributed by atoms with van der Waals surface area (Å²) in [6.45, 7) is 4.03. The molecule has 3 rings (SSSR count). The molecule has 0 amide bonds. The summed E-state index contributed by atoms with van der Waals surface area (Å²) >= 11 is 0. The number of aryl methyl sites for hydroxylation is 2. The first kappa shape index (κ1) is 11.6. The molecule has 0 spiro atoms. The van der Waals surface area contributed by atoms with Gasteiger partial charge in [0, 0.05) is 5.39 Å². The predicted molar refractivity (Wildman–Crippen MR) is 77.7 cm³/mol. The predicted octanol–water partition coefficient (Wildman–Crippen LogP) is 3.28. The van der Waals surface area contributed by atoms with Gasteiger partial charge in [-0.3, -0.25) is 0 Å². The molecule has 2 heterocycles. The van der Waals surface area contributed by atoms with Crippen molar-refractivity contribution < 1.29 is 4.42 Å². The Kier molecular flexibility index (Phi) is 2.45. The van der Waals surface area contributed by atoms with Crippen LogP contribution < -0.4 is 11.5 Å². The van der Waals surface area contributed by atoms with Gasteiger partial charge in [-0.05, 0) is 54.8 Å². The van der Waals surface area contributed by atoms with E-state index in [0.717, 1.165) is 33.4 Å². The highest BCUT2D eigenvalue weighted by Crippen LogP contribution is 2.30. The quantitative estimate of drug-likeness (QED) is 0.697. The van der Waals surface area contributed by atoms with Crippen LogP contribution in [0.2, 0.25) is 0 Å². The largest absolute Gasteiger partial charge is 0.461 e. The minimum absolute atomic E-state index is 0.426. The van der Waals surface area contributed by atoms with Crippen LogP contribution in [0.1, 0.15) is 11.3 Å². The minimum Gasteiger partial charge on any atom is -0.461 e. The molecule has 3 aromatic rings. The second kappa shape index (κ2) is 4.02. The second-order valence-electron chi connectivity index (χ2n) is 4.70. The number of furan rings is 1. The molecule has 0 saturated heterocycles. The van der Waals surface area contributed by atoms with E-state index in [1.54, 1.807) is 0 Å². The first-order valence-corrected chi connectivity index (χ1v) is 6.08. The zero-order chi connectivity index (χ0) is 13.6. The van der Waals surface area contributed by atoms with Gasteiger partial charge in [0.05, 0.1) is 0 Å². The van der Waals surface area contributed by atoms with Crippen molar-refractivity contribution in [3.05, 3.63) is 41.7 Å². The molecule has 0 saturated carbocycles. The smallest absolute Gasteiger partial charge is 0.134 e. The molecule has 0 aliphatic carbocycles. The summed E-state index contributed by atoms with van der Waals surface area (Å²) in [6.07, 6.45) is 0. The average Bonchev–Trinajstić information content (AvgIpc) is 2.64. The zero-order valence-electron chi connectivity index (χ0n) is 10.9. The van der Waals surface area contributed by atoms with Gasteiger partial charge in [0.1, 0.15) is 23.0 Å². The fourth-order valence-corrected chi connectivity index (χ4v) is 2.26. The second-order valence-corrected chi connectivity index (χ2v) is 4.70. The van der Waals surface area contributed by atoms with E-state index in [2.05, 4.69) is 18.0 Å². The van der Waals surface area contributed by atoms with E-state index in [0.29, 0.717) is 11.6 Å². The van der Waals surface area contributed by atoms with Crippen LogP contribution in [0.5, 0.6) is 0 Å². The molecule has 0 fully saturated rings. The number of rotatable bonds is 1. The Morgan fingerprint density at radius 2 is 1.63 bits per heavy atom. The van der Waals surface area contributed by atoms with Crippen LogP contribution in [-0.4, -0.2) is 4.98 Å². The molecule has 4 N–H and O–H groups in total. The van der Waals surface area contributed by atoms with E-state index in [4.69, 9.17) is 15.9 Å². The SMILES string of the molecule is Cc1oc2ccc(-c3cc(N)nc(N)c3)cc2c1C. The number of hydrogen-bond donors (Lipinski definition) is 2. The Hall–Kier alpha value is -2.49. The van der Waals surface area contributed by atoms with Crippen molar-refractivity contribution in [3.8, 4) is 11.1 Å². The molecule has 1 aromatic carbocycles. The summed E-state index contributed by atoms with van der Waals surface area (Å²) in [7, 11) is 0. The number of pyridine rings is 1. The zero-order valence-corrected chi connectivity index (χ0v) is 10.9. The van der Waals surface area contributed by atoms with Gasteiger partial charge in [-0.2, -0.15) is 0 Å². The van der Waals surface area contributed by atoms with E-state index in [-0.39, 0.29) is 0 Å². The van der Waals surface area contributed by atoms with Crippen molar-refractivity contribution in [1.29, 1.82) is 0 Å². The lowest BCUT2D eigenvalue weighted by atomic mass is 10.0. The first-order valence-electron chi connectivity index (χ1n) is 6.08. The molecule has 0 atom stereocenters. The third-order valence-electron chi connectivity index (χ3n) is 3.37. The number of fused-ring (bicyclic) bond motifs is 1. The van der Waals surface area contributed by atoms with E-state index >= 15 is 0 Å². The number of benzene rings is 1. The molecule has 0 aliphatic rings. The fourth-order valence-electron chi connectivity index (χ4n) is 2.26. The molecular formula is C15H15N3O. The Balaban J connectivity index is 2.22. The molecule has 0 aliphatic heterocycles. The molecule has 0 radical (unpaired) electrons. The number of nitrogen functional groups attached to an aromatic ring is 2. The van der Waals surface area contributed by atoms with Gasteiger partial charge in [0.2, 0.25) is 0 Å². The topological polar surface area (TPSA) is 78.1 Å². The molecule has 19 heavy (non-hydrogen) atoms. The summed E-state index contributed by atoms with van der Waals surface area (Å²) in [5.41, 5.74) is 15.5. The number of aromatic nitrogens is 1. The molecule has 2 aromatic heterocycles. The minimum atomic E-state index is 0.426. The molecule has 0 unspecified atom stereocenters. The van der Waals surface area contributed by atoms with Crippen molar-refractivity contribution in [2.45, 2.75) is 13.8 Å². The Morgan fingerprint density at radius 3 is 2.32 bits per heavy atom. The van der Waals surface area contributed by atoms with Crippen LogP contribution in [0, 0.1) is 13.8 Å². The lowest BCUT2D eigenvalue weighted by Gasteiger charge is -2.04. The molecular weight excluding hydrogens is 238 g/mol. The third kappa shape index (κ3) is 1.91. The third-order valence-corrected chi connectivity index (χ3v) is 3.37. The Morgan fingerprint density at radius 1 is 0.947 bits per heavy atom. The summed E-state index contributed by atoms with van der Waals surface area (Å²) < 4.78 is 5.68. The van der Waals surface area contributed by atoms with Crippen molar-refractivity contribution in [2.75, 3.05) is 11.5 Å². The first-order chi connectivity index (χ1) is 9.04. The monoisotopic (exact) mass is 253 g/mol. The Bertz CT molecular complexity index is 754. The van der Waals surface area contributed by atoms with Gasteiger partial charge < -0.3 is 15.9 Å². The van der Waals surface area contributed by atoms with Crippen LogP contribution in [0.4, 0.5) is 11.6 Å². The highest BCUT2D eigenvalue weighted by molar-refractivity contribution is 5.87. The van der Waals surface area contributed by atoms with E-state index < -0.39 is 0 Å². The number of nitrogens with two attached hydrogens (primary N) is 2.